The van der Waals surface area contributed by atoms with Crippen LogP contribution in [0.5, 0.6) is 0 Å². The van der Waals surface area contributed by atoms with Crippen molar-refractivity contribution in [3.8, 4) is 0 Å². The molecule has 0 spiro atoms. The molecule has 43 heavy (non-hydrogen) atoms. The summed E-state index contributed by atoms with van der Waals surface area (Å²) in [4.78, 5) is 34.9. The van der Waals surface area contributed by atoms with Crippen molar-refractivity contribution in [1.29, 1.82) is 0 Å². The number of aryl methyl sites for hydroxylation is 1. The molecule has 2 aromatic carbocycles. The lowest BCUT2D eigenvalue weighted by atomic mass is 9.78. The summed E-state index contributed by atoms with van der Waals surface area (Å²) in [5.41, 5.74) is 3.24. The van der Waals surface area contributed by atoms with E-state index in [1.54, 1.807) is 6.92 Å². The number of nitrogens with zero attached hydrogens (tertiary/aromatic N) is 4. The van der Waals surface area contributed by atoms with Crippen molar-refractivity contribution < 1.29 is 18.4 Å². The second kappa shape index (κ2) is 13.1. The number of benzene rings is 2. The molecule has 0 aromatic heterocycles. The Bertz CT molecular complexity index is 1340. The molecule has 0 aliphatic carbocycles. The molecule has 236 valence electrons. The second-order valence-electron chi connectivity index (χ2n) is 13.5. The van der Waals surface area contributed by atoms with Crippen LogP contribution in [-0.4, -0.2) is 77.4 Å². The molecule has 2 fully saturated rings. The van der Waals surface area contributed by atoms with Crippen molar-refractivity contribution in [1.82, 2.24) is 14.7 Å². The SMILES string of the molecule is CC(=O)N(C(C)C)C(C)c1cc(C)c(Cl)cc1N1CCN(C(=O)[C@@H]2CCN(C(C)(C)C)C[C@H]2c2ccc(F)cc2F)CC1. The number of piperidine rings is 1. The van der Waals surface area contributed by atoms with Crippen LogP contribution in [0, 0.1) is 24.5 Å². The number of anilines is 1. The zero-order valence-corrected chi connectivity index (χ0v) is 27.6. The monoisotopic (exact) mass is 616 g/mol. The van der Waals surface area contributed by atoms with E-state index in [4.69, 9.17) is 11.6 Å². The number of hydrogen-bond donors (Lipinski definition) is 0. The quantitative estimate of drug-likeness (QED) is 0.358. The molecule has 3 atom stereocenters. The first kappa shape index (κ1) is 33.2. The van der Waals surface area contributed by atoms with Crippen LogP contribution in [0.15, 0.2) is 30.3 Å². The third kappa shape index (κ3) is 7.17. The van der Waals surface area contributed by atoms with Crippen molar-refractivity contribution in [3.05, 3.63) is 63.7 Å². The van der Waals surface area contributed by atoms with Gasteiger partial charge in [0, 0.05) is 79.8 Å². The fourth-order valence-corrected chi connectivity index (χ4v) is 7.07. The van der Waals surface area contributed by atoms with Crippen LogP contribution in [0.25, 0.3) is 0 Å². The average Bonchev–Trinajstić information content (AvgIpc) is 2.93. The lowest BCUT2D eigenvalue weighted by Crippen LogP contribution is -2.55. The maximum absolute atomic E-state index is 15.1. The van der Waals surface area contributed by atoms with Gasteiger partial charge < -0.3 is 14.7 Å². The summed E-state index contributed by atoms with van der Waals surface area (Å²) in [5.74, 6) is -1.92. The van der Waals surface area contributed by atoms with Crippen LogP contribution in [-0.2, 0) is 9.59 Å². The Morgan fingerprint density at radius 1 is 1.00 bits per heavy atom. The van der Waals surface area contributed by atoms with Crippen LogP contribution < -0.4 is 4.90 Å². The van der Waals surface area contributed by atoms with Gasteiger partial charge in [0.25, 0.3) is 0 Å². The molecule has 2 amide bonds. The minimum atomic E-state index is -0.617. The number of rotatable bonds is 6. The summed E-state index contributed by atoms with van der Waals surface area (Å²) in [6.45, 7) is 19.6. The van der Waals surface area contributed by atoms with Gasteiger partial charge in [0.15, 0.2) is 0 Å². The molecule has 2 saturated heterocycles. The van der Waals surface area contributed by atoms with Gasteiger partial charge in [-0.3, -0.25) is 14.5 Å². The van der Waals surface area contributed by atoms with Crippen LogP contribution in [0.2, 0.25) is 5.02 Å². The molecule has 0 bridgehead atoms. The Kier molecular flexibility index (Phi) is 10.1. The highest BCUT2D eigenvalue weighted by Gasteiger charge is 2.41. The molecule has 4 rings (SSSR count). The number of carbonyl (C=O) groups excluding carboxylic acids is 2. The minimum Gasteiger partial charge on any atom is -0.368 e. The van der Waals surface area contributed by atoms with Gasteiger partial charge in [0.2, 0.25) is 11.8 Å². The summed E-state index contributed by atoms with van der Waals surface area (Å²) < 4.78 is 28.9. The summed E-state index contributed by atoms with van der Waals surface area (Å²) in [7, 11) is 0. The van der Waals surface area contributed by atoms with Gasteiger partial charge in [0.05, 0.1) is 6.04 Å². The lowest BCUT2D eigenvalue weighted by Gasteiger charge is -2.46. The number of likely N-dealkylation sites (tertiary alicyclic amines) is 1. The van der Waals surface area contributed by atoms with Crippen molar-refractivity contribution in [3.63, 3.8) is 0 Å². The van der Waals surface area contributed by atoms with Gasteiger partial charge >= 0.3 is 0 Å². The summed E-state index contributed by atoms with van der Waals surface area (Å²) in [6, 6.07) is 7.65. The Labute approximate surface area is 261 Å². The van der Waals surface area contributed by atoms with Crippen LogP contribution in [0.4, 0.5) is 14.5 Å². The minimum absolute atomic E-state index is 0.0149. The molecule has 1 unspecified atom stereocenters. The molecule has 0 N–H and O–H groups in total. The van der Waals surface area contributed by atoms with Crippen LogP contribution in [0.1, 0.15) is 83.5 Å². The average molecular weight is 617 g/mol. The van der Waals surface area contributed by atoms with E-state index in [2.05, 4.69) is 36.6 Å². The summed E-state index contributed by atoms with van der Waals surface area (Å²) in [6.07, 6.45) is 0.614. The van der Waals surface area contributed by atoms with Gasteiger partial charge in [-0.1, -0.05) is 23.7 Å². The first-order valence-corrected chi connectivity index (χ1v) is 15.8. The number of piperazine rings is 1. The third-order valence-corrected chi connectivity index (χ3v) is 9.68. The van der Waals surface area contributed by atoms with Crippen LogP contribution in [0.3, 0.4) is 0 Å². The van der Waals surface area contributed by atoms with Crippen LogP contribution >= 0.6 is 11.6 Å². The predicted octanol–water partition coefficient (Wildman–Crippen LogP) is 6.80. The Morgan fingerprint density at radius 2 is 1.65 bits per heavy atom. The second-order valence-corrected chi connectivity index (χ2v) is 13.9. The molecule has 2 heterocycles. The Hall–Kier alpha value is -2.71. The molecule has 2 aliphatic heterocycles. The van der Waals surface area contributed by atoms with E-state index in [0.717, 1.165) is 29.4 Å². The Morgan fingerprint density at radius 3 is 2.21 bits per heavy atom. The van der Waals surface area contributed by atoms with Crippen molar-refractivity contribution in [2.75, 3.05) is 44.2 Å². The number of carbonyl (C=O) groups is 2. The largest absolute Gasteiger partial charge is 0.368 e. The van der Waals surface area contributed by atoms with E-state index < -0.39 is 11.6 Å². The highest BCUT2D eigenvalue weighted by molar-refractivity contribution is 6.31. The number of hydrogen-bond acceptors (Lipinski definition) is 4. The van der Waals surface area contributed by atoms with E-state index >= 15 is 4.39 Å². The molecular formula is C34H47ClF2N4O2. The lowest BCUT2D eigenvalue weighted by molar-refractivity contribution is -0.139. The van der Waals surface area contributed by atoms with E-state index in [1.807, 2.05) is 43.6 Å². The van der Waals surface area contributed by atoms with Gasteiger partial charge in [-0.05, 0) is 90.3 Å². The number of amides is 2. The third-order valence-electron chi connectivity index (χ3n) is 9.27. The number of halogens is 3. The smallest absolute Gasteiger partial charge is 0.226 e. The maximum Gasteiger partial charge on any atom is 0.226 e. The first-order chi connectivity index (χ1) is 20.1. The molecule has 2 aromatic rings. The van der Waals surface area contributed by atoms with E-state index in [9.17, 15) is 14.0 Å². The summed E-state index contributed by atoms with van der Waals surface area (Å²) >= 11 is 6.61. The molecule has 2 aliphatic rings. The van der Waals surface area contributed by atoms with Crippen molar-refractivity contribution in [2.45, 2.75) is 85.4 Å². The topological polar surface area (TPSA) is 47.1 Å². The Balaban J connectivity index is 1.56. The fraction of sp³-hybridized carbons (Fsp3) is 0.588. The molecular weight excluding hydrogens is 570 g/mol. The first-order valence-electron chi connectivity index (χ1n) is 15.4. The molecule has 0 saturated carbocycles. The van der Waals surface area contributed by atoms with Gasteiger partial charge in [-0.25, -0.2) is 8.78 Å². The van der Waals surface area contributed by atoms with Crippen molar-refractivity contribution in [2.24, 2.45) is 5.92 Å². The summed E-state index contributed by atoms with van der Waals surface area (Å²) in [5, 5.41) is 0.665. The van der Waals surface area contributed by atoms with E-state index in [-0.39, 0.29) is 41.3 Å². The van der Waals surface area contributed by atoms with Gasteiger partial charge in [0.1, 0.15) is 11.6 Å². The van der Waals surface area contributed by atoms with E-state index in [0.29, 0.717) is 49.7 Å². The van der Waals surface area contributed by atoms with Crippen molar-refractivity contribution >= 4 is 29.1 Å². The fourth-order valence-electron chi connectivity index (χ4n) is 6.91. The standard InChI is InChI=1S/C34H47ClF2N4O2/c1-21(2)41(24(5)42)23(4)28-17-22(3)30(35)19-32(28)38-13-15-39(16-14-38)33(43)27-11-12-40(34(6,7)8)20-29(27)26-10-9-25(36)18-31(26)37/h9-10,17-19,21,23,27,29H,11-16,20H2,1-8H3/t23?,27-,29+/m1/s1. The molecule has 9 heteroatoms. The zero-order chi connectivity index (χ0) is 31.8. The highest BCUT2D eigenvalue weighted by Crippen LogP contribution is 2.39. The van der Waals surface area contributed by atoms with Gasteiger partial charge in [-0.2, -0.15) is 0 Å². The maximum atomic E-state index is 15.1. The normalized spacial score (nSPS) is 20.8. The highest BCUT2D eigenvalue weighted by atomic mass is 35.5. The van der Waals surface area contributed by atoms with Gasteiger partial charge in [-0.15, -0.1) is 0 Å². The predicted molar refractivity (Wildman–Crippen MR) is 170 cm³/mol. The zero-order valence-electron chi connectivity index (χ0n) is 26.9. The van der Waals surface area contributed by atoms with E-state index in [1.165, 1.54) is 12.1 Å². The molecule has 0 radical (unpaired) electrons. The molecule has 6 nitrogen and oxygen atoms in total.